The van der Waals surface area contributed by atoms with Crippen LogP contribution in [0.15, 0.2) is 47.0 Å². The van der Waals surface area contributed by atoms with Crippen molar-refractivity contribution in [3.05, 3.63) is 54.2 Å². The Hall–Kier alpha value is -3.45. The van der Waals surface area contributed by atoms with Crippen LogP contribution in [0.25, 0.3) is 11.5 Å². The summed E-state index contributed by atoms with van der Waals surface area (Å²) in [6, 6.07) is 11.1. The second-order valence-corrected chi connectivity index (χ2v) is 11.0. The van der Waals surface area contributed by atoms with E-state index in [1.165, 1.54) is 6.20 Å². The van der Waals surface area contributed by atoms with Crippen LogP contribution in [0.3, 0.4) is 0 Å². The Morgan fingerprint density at radius 2 is 1.74 bits per heavy atom. The zero-order valence-electron chi connectivity index (χ0n) is 21.0. The van der Waals surface area contributed by atoms with Crippen LogP contribution in [0.2, 0.25) is 0 Å². The Labute approximate surface area is 221 Å². The predicted octanol–water partition coefficient (Wildman–Crippen LogP) is 3.01. The number of hydrogen-bond acceptors (Lipinski definition) is 8. The molecular formula is C25H29F2N7O3S. The molecule has 2 amide bonds. The number of amides is 2. The average Bonchev–Trinajstić information content (AvgIpc) is 3.44. The van der Waals surface area contributed by atoms with Gasteiger partial charge in [-0.1, -0.05) is 0 Å². The summed E-state index contributed by atoms with van der Waals surface area (Å²) in [5.41, 5.74) is 2.83. The van der Waals surface area contributed by atoms with E-state index in [0.29, 0.717) is 35.9 Å². The predicted molar refractivity (Wildman–Crippen MR) is 140 cm³/mol. The van der Waals surface area contributed by atoms with E-state index in [4.69, 9.17) is 4.42 Å². The minimum absolute atomic E-state index is 0.0481. The molecule has 0 aliphatic carbocycles. The van der Waals surface area contributed by atoms with Gasteiger partial charge in [0, 0.05) is 79.1 Å². The number of carbonyl (C=O) groups is 1. The van der Waals surface area contributed by atoms with Crippen LogP contribution in [-0.4, -0.2) is 93.0 Å². The number of carbonyl (C=O) groups excluding carboxylic acids is 1. The minimum atomic E-state index is -2.85. The number of nitrogens with zero attached hydrogens (tertiary/aromatic N) is 7. The van der Waals surface area contributed by atoms with Gasteiger partial charge in [-0.2, -0.15) is 8.78 Å². The van der Waals surface area contributed by atoms with Gasteiger partial charge in [0.05, 0.1) is 17.8 Å². The maximum atomic E-state index is 13.6. The highest BCUT2D eigenvalue weighted by Crippen LogP contribution is 2.26. The van der Waals surface area contributed by atoms with Gasteiger partial charge in [0.1, 0.15) is 0 Å². The first-order valence-corrected chi connectivity index (χ1v) is 13.9. The van der Waals surface area contributed by atoms with Crippen LogP contribution in [0.5, 0.6) is 0 Å². The van der Waals surface area contributed by atoms with Crippen LogP contribution in [-0.2, 0) is 17.3 Å². The quantitative estimate of drug-likeness (QED) is 0.466. The maximum Gasteiger partial charge on any atom is 0.324 e. The molecule has 0 unspecified atom stereocenters. The first-order valence-electron chi connectivity index (χ1n) is 12.4. The molecule has 4 heterocycles. The number of hydrogen-bond donors (Lipinski definition) is 0. The van der Waals surface area contributed by atoms with Crippen molar-refractivity contribution in [2.24, 2.45) is 0 Å². The van der Waals surface area contributed by atoms with Crippen LogP contribution >= 0.6 is 0 Å². The number of alkyl halides is 2. The standard InChI is InChI=1S/C25H29F2N7O3S/c1-31-8-10-32(11-9-31)20-4-6-21(7-5-20)34(25(35)33-12-14-38(36)15-13-33)17-19-3-2-18(16-28-19)23-29-30-24(37-23)22(26)27/h2-7,16,22H,8-15,17H2,1H3. The van der Waals surface area contributed by atoms with Gasteiger partial charge < -0.3 is 19.1 Å². The molecule has 38 heavy (non-hydrogen) atoms. The van der Waals surface area contributed by atoms with Crippen molar-refractivity contribution in [2.45, 2.75) is 13.0 Å². The second kappa shape index (κ2) is 11.5. The first-order chi connectivity index (χ1) is 18.4. The molecular weight excluding hydrogens is 516 g/mol. The van der Waals surface area contributed by atoms with Crippen molar-refractivity contribution >= 4 is 28.2 Å². The van der Waals surface area contributed by atoms with Crippen LogP contribution < -0.4 is 9.80 Å². The van der Waals surface area contributed by atoms with Gasteiger partial charge in [0.25, 0.3) is 5.89 Å². The van der Waals surface area contributed by atoms with Crippen LogP contribution in [0.1, 0.15) is 18.0 Å². The topological polar surface area (TPSA) is 98.9 Å². The van der Waals surface area contributed by atoms with Crippen molar-refractivity contribution in [2.75, 3.05) is 67.6 Å². The zero-order valence-corrected chi connectivity index (χ0v) is 21.8. The third-order valence-electron chi connectivity index (χ3n) is 6.73. The highest BCUT2D eigenvalue weighted by molar-refractivity contribution is 7.85. The number of urea groups is 1. The summed E-state index contributed by atoms with van der Waals surface area (Å²) in [5.74, 6) is 0.121. The number of rotatable bonds is 6. The Morgan fingerprint density at radius 1 is 1.03 bits per heavy atom. The number of benzene rings is 1. The lowest BCUT2D eigenvalue weighted by Gasteiger charge is -2.35. The SMILES string of the molecule is CN1CCN(c2ccc(N(Cc3ccc(-c4nnc(C(F)F)o4)cn3)C(=O)N3CCS(=O)CC3)cc2)CC1. The number of anilines is 2. The Kier molecular flexibility index (Phi) is 7.93. The maximum absolute atomic E-state index is 13.6. The van der Waals surface area contributed by atoms with Gasteiger partial charge in [0.15, 0.2) is 0 Å². The molecule has 10 nitrogen and oxygen atoms in total. The summed E-state index contributed by atoms with van der Waals surface area (Å²) < 4.78 is 42.4. The molecule has 2 aliphatic heterocycles. The van der Waals surface area contributed by atoms with Crippen LogP contribution in [0, 0.1) is 0 Å². The molecule has 0 N–H and O–H groups in total. The third-order valence-corrected chi connectivity index (χ3v) is 8.00. The van der Waals surface area contributed by atoms with Gasteiger partial charge in [-0.05, 0) is 43.4 Å². The van der Waals surface area contributed by atoms with Gasteiger partial charge in [-0.3, -0.25) is 14.1 Å². The van der Waals surface area contributed by atoms with Gasteiger partial charge in [-0.25, -0.2) is 4.79 Å². The zero-order chi connectivity index (χ0) is 26.6. The summed E-state index contributed by atoms with van der Waals surface area (Å²) in [5, 5.41) is 7.00. The molecule has 0 bridgehead atoms. The monoisotopic (exact) mass is 545 g/mol. The Bertz CT molecular complexity index is 1250. The molecule has 13 heteroatoms. The fourth-order valence-electron chi connectivity index (χ4n) is 4.42. The number of pyridine rings is 1. The summed E-state index contributed by atoms with van der Waals surface area (Å²) in [4.78, 5) is 26.0. The van der Waals surface area contributed by atoms with E-state index in [-0.39, 0.29) is 18.5 Å². The molecule has 0 saturated carbocycles. The largest absolute Gasteiger partial charge is 0.415 e. The molecule has 0 spiro atoms. The highest BCUT2D eigenvalue weighted by atomic mass is 32.2. The molecule has 2 saturated heterocycles. The lowest BCUT2D eigenvalue weighted by Crippen LogP contribution is -2.48. The fraction of sp³-hybridized carbons (Fsp3) is 0.440. The Morgan fingerprint density at radius 3 is 2.34 bits per heavy atom. The summed E-state index contributed by atoms with van der Waals surface area (Å²) in [6.07, 6.45) is -1.39. The number of piperazine rings is 1. The number of likely N-dealkylation sites (N-methyl/N-ethyl adjacent to an activating group) is 1. The smallest absolute Gasteiger partial charge is 0.324 e. The first kappa shape index (κ1) is 26.2. The van der Waals surface area contributed by atoms with E-state index in [2.05, 4.69) is 32.0 Å². The van der Waals surface area contributed by atoms with E-state index in [1.807, 2.05) is 24.3 Å². The van der Waals surface area contributed by atoms with Crippen LogP contribution in [0.4, 0.5) is 25.0 Å². The average molecular weight is 546 g/mol. The second-order valence-electron chi connectivity index (χ2n) is 9.29. The number of halogens is 2. The molecule has 2 fully saturated rings. The molecule has 1 aromatic carbocycles. The van der Waals surface area contributed by atoms with E-state index in [1.54, 1.807) is 21.9 Å². The normalized spacial score (nSPS) is 17.3. The summed E-state index contributed by atoms with van der Waals surface area (Å²) >= 11 is 0. The molecule has 0 radical (unpaired) electrons. The van der Waals surface area contributed by atoms with Gasteiger partial charge >= 0.3 is 12.5 Å². The van der Waals surface area contributed by atoms with E-state index < -0.39 is 23.1 Å². The van der Waals surface area contributed by atoms with E-state index >= 15 is 0 Å². The minimum Gasteiger partial charge on any atom is -0.415 e. The van der Waals surface area contributed by atoms with Crippen molar-refractivity contribution in [3.63, 3.8) is 0 Å². The van der Waals surface area contributed by atoms with E-state index in [9.17, 15) is 17.8 Å². The molecule has 3 aromatic rings. The van der Waals surface area contributed by atoms with Gasteiger partial charge in [0.2, 0.25) is 5.89 Å². The molecule has 2 aliphatic rings. The summed E-state index contributed by atoms with van der Waals surface area (Å²) in [7, 11) is 1.21. The fourth-order valence-corrected chi connectivity index (χ4v) is 5.48. The lowest BCUT2D eigenvalue weighted by molar-refractivity contribution is 0.116. The highest BCUT2D eigenvalue weighted by Gasteiger charge is 2.27. The summed E-state index contributed by atoms with van der Waals surface area (Å²) in [6.45, 7) is 4.93. The number of aromatic nitrogens is 3. The van der Waals surface area contributed by atoms with Crippen molar-refractivity contribution in [3.8, 4) is 11.5 Å². The van der Waals surface area contributed by atoms with Crippen molar-refractivity contribution < 1.29 is 22.2 Å². The van der Waals surface area contributed by atoms with Crippen molar-refractivity contribution in [1.82, 2.24) is 25.0 Å². The molecule has 0 atom stereocenters. The van der Waals surface area contributed by atoms with E-state index in [0.717, 1.165) is 37.6 Å². The molecule has 5 rings (SSSR count). The van der Waals surface area contributed by atoms with Gasteiger partial charge in [-0.15, -0.1) is 10.2 Å². The molecule has 2 aromatic heterocycles. The Balaban J connectivity index is 1.35. The van der Waals surface area contributed by atoms with Crippen molar-refractivity contribution in [1.29, 1.82) is 0 Å². The third kappa shape index (κ3) is 5.99. The molecule has 202 valence electrons. The lowest BCUT2D eigenvalue weighted by atomic mass is 10.2.